The van der Waals surface area contributed by atoms with Crippen LogP contribution in [-0.4, -0.2) is 54.0 Å². The van der Waals surface area contributed by atoms with Gasteiger partial charge in [-0.2, -0.15) is 0 Å². The Kier molecular flexibility index (Phi) is 5.16. The van der Waals surface area contributed by atoms with E-state index in [9.17, 15) is 14.7 Å². The number of urea groups is 1. The third-order valence-electron chi connectivity index (χ3n) is 6.60. The van der Waals surface area contributed by atoms with Crippen LogP contribution >= 0.6 is 0 Å². The van der Waals surface area contributed by atoms with E-state index in [1.807, 2.05) is 19.1 Å². The number of fused-ring (bicyclic) bond motifs is 1. The molecule has 168 valence electrons. The van der Waals surface area contributed by atoms with E-state index in [1.54, 1.807) is 41.3 Å². The fourth-order valence-corrected chi connectivity index (χ4v) is 4.79. The van der Waals surface area contributed by atoms with Gasteiger partial charge in [0.05, 0.1) is 18.9 Å². The van der Waals surface area contributed by atoms with E-state index in [0.717, 1.165) is 16.9 Å². The van der Waals surface area contributed by atoms with Gasteiger partial charge in [0, 0.05) is 37.2 Å². The van der Waals surface area contributed by atoms with E-state index in [2.05, 4.69) is 5.32 Å². The predicted octanol–water partition coefficient (Wildman–Crippen LogP) is 2.81. The number of hydrogen-bond donors (Lipinski definition) is 2. The lowest BCUT2D eigenvalue weighted by Crippen LogP contribution is -2.64. The van der Waals surface area contributed by atoms with Crippen LogP contribution in [0.5, 0.6) is 0 Å². The van der Waals surface area contributed by atoms with E-state index in [-0.39, 0.29) is 0 Å². The van der Waals surface area contributed by atoms with Crippen LogP contribution in [0.15, 0.2) is 48.5 Å². The SMILES string of the molecule is CCc1ccc(N2C(=O)Nc3ccccc3C2(O)C(=O)N2CCC3(CC2)OCCO3)cc1. The molecule has 0 aliphatic carbocycles. The first-order chi connectivity index (χ1) is 15.5. The summed E-state index contributed by atoms with van der Waals surface area (Å²) in [4.78, 5) is 29.8. The number of carbonyl (C=O) groups is 2. The number of para-hydroxylation sites is 1. The Balaban J connectivity index is 1.53. The Bertz CT molecular complexity index is 1020. The Morgan fingerprint density at radius 3 is 2.38 bits per heavy atom. The lowest BCUT2D eigenvalue weighted by molar-refractivity contribution is -0.192. The van der Waals surface area contributed by atoms with Crippen LogP contribution in [0, 0.1) is 0 Å². The molecule has 3 heterocycles. The highest BCUT2D eigenvalue weighted by atomic mass is 16.7. The van der Waals surface area contributed by atoms with E-state index >= 15 is 0 Å². The monoisotopic (exact) mass is 437 g/mol. The Hall–Kier alpha value is -2.94. The van der Waals surface area contributed by atoms with Gasteiger partial charge in [-0.1, -0.05) is 37.3 Å². The number of nitrogens with one attached hydrogen (secondary N) is 1. The first kappa shape index (κ1) is 20.9. The molecular weight excluding hydrogens is 410 g/mol. The molecule has 5 rings (SSSR count). The lowest BCUT2D eigenvalue weighted by atomic mass is 9.92. The standard InChI is InChI=1S/C24H27N3O5/c1-2-17-7-9-18(10-8-17)27-22(29)25-20-6-4-3-5-19(20)24(27,30)21(28)26-13-11-23(12-14-26)31-15-16-32-23/h3-10,30H,2,11-16H2,1H3,(H,25,29). The second kappa shape index (κ2) is 7.88. The molecule has 1 unspecified atom stereocenters. The van der Waals surface area contributed by atoms with Crippen molar-refractivity contribution in [3.63, 3.8) is 0 Å². The summed E-state index contributed by atoms with van der Waals surface area (Å²) in [5.41, 5.74) is 0.137. The summed E-state index contributed by atoms with van der Waals surface area (Å²) in [6.45, 7) is 3.88. The maximum atomic E-state index is 13.9. The van der Waals surface area contributed by atoms with E-state index in [1.165, 1.54) is 0 Å². The van der Waals surface area contributed by atoms with Crippen molar-refractivity contribution in [2.45, 2.75) is 37.7 Å². The van der Waals surface area contributed by atoms with Crippen LogP contribution in [-0.2, 0) is 26.4 Å². The molecule has 2 aromatic rings. The molecule has 3 aliphatic rings. The second-order valence-electron chi connectivity index (χ2n) is 8.40. The van der Waals surface area contributed by atoms with Gasteiger partial charge in [-0.25, -0.2) is 4.79 Å². The van der Waals surface area contributed by atoms with Gasteiger partial charge in [0.15, 0.2) is 5.79 Å². The maximum absolute atomic E-state index is 13.9. The normalized spacial score (nSPS) is 24.4. The molecule has 1 spiro atoms. The summed E-state index contributed by atoms with van der Waals surface area (Å²) in [7, 11) is 0. The number of likely N-dealkylation sites (tertiary alicyclic amines) is 1. The number of amides is 3. The molecule has 32 heavy (non-hydrogen) atoms. The highest BCUT2D eigenvalue weighted by Gasteiger charge is 2.54. The van der Waals surface area contributed by atoms with Gasteiger partial charge in [-0.05, 0) is 30.2 Å². The van der Waals surface area contributed by atoms with Crippen molar-refractivity contribution < 1.29 is 24.2 Å². The molecule has 2 saturated heterocycles. The van der Waals surface area contributed by atoms with Crippen molar-refractivity contribution in [1.29, 1.82) is 0 Å². The number of ether oxygens (including phenoxy) is 2. The summed E-state index contributed by atoms with van der Waals surface area (Å²) in [6.07, 6.45) is 1.89. The van der Waals surface area contributed by atoms with Gasteiger partial charge in [-0.3, -0.25) is 9.69 Å². The quantitative estimate of drug-likeness (QED) is 0.771. The van der Waals surface area contributed by atoms with Crippen molar-refractivity contribution in [3.05, 3.63) is 59.7 Å². The Morgan fingerprint density at radius 1 is 1.06 bits per heavy atom. The largest absolute Gasteiger partial charge is 0.359 e. The number of nitrogens with zero attached hydrogens (tertiary/aromatic N) is 2. The number of carbonyl (C=O) groups excluding carboxylic acids is 2. The Morgan fingerprint density at radius 2 is 1.72 bits per heavy atom. The number of benzene rings is 2. The Labute approximate surface area is 186 Å². The van der Waals surface area contributed by atoms with Crippen LogP contribution in [0.1, 0.15) is 30.9 Å². The zero-order valence-corrected chi connectivity index (χ0v) is 18.0. The minimum Gasteiger partial charge on any atom is -0.359 e. The summed E-state index contributed by atoms with van der Waals surface area (Å²) in [5, 5.41) is 14.8. The first-order valence-electron chi connectivity index (χ1n) is 11.1. The average molecular weight is 437 g/mol. The molecule has 2 N–H and O–H groups in total. The van der Waals surface area contributed by atoms with Gasteiger partial charge in [-0.15, -0.1) is 0 Å². The number of anilines is 2. The topological polar surface area (TPSA) is 91.3 Å². The molecule has 0 radical (unpaired) electrons. The van der Waals surface area contributed by atoms with E-state index in [0.29, 0.717) is 56.1 Å². The highest BCUT2D eigenvalue weighted by Crippen LogP contribution is 2.42. The van der Waals surface area contributed by atoms with Crippen LogP contribution in [0.3, 0.4) is 0 Å². The van der Waals surface area contributed by atoms with Gasteiger partial charge in [0.25, 0.3) is 11.6 Å². The number of hydrogen-bond acceptors (Lipinski definition) is 5. The predicted molar refractivity (Wildman–Crippen MR) is 118 cm³/mol. The van der Waals surface area contributed by atoms with Gasteiger partial charge in [0.2, 0.25) is 0 Å². The molecule has 2 aromatic carbocycles. The van der Waals surface area contributed by atoms with Crippen LogP contribution in [0.25, 0.3) is 0 Å². The van der Waals surface area contributed by atoms with Crippen LogP contribution in [0.2, 0.25) is 0 Å². The number of piperidine rings is 1. The molecule has 8 heteroatoms. The second-order valence-corrected chi connectivity index (χ2v) is 8.40. The molecule has 0 aromatic heterocycles. The van der Waals surface area contributed by atoms with E-state index in [4.69, 9.17) is 9.47 Å². The molecule has 3 aliphatic heterocycles. The summed E-state index contributed by atoms with van der Waals surface area (Å²) in [5.74, 6) is -1.18. The minimum atomic E-state index is -2.17. The van der Waals surface area contributed by atoms with Crippen molar-refractivity contribution in [1.82, 2.24) is 4.90 Å². The summed E-state index contributed by atoms with van der Waals surface area (Å²) < 4.78 is 11.5. The molecule has 0 saturated carbocycles. The van der Waals surface area contributed by atoms with Crippen LogP contribution < -0.4 is 10.2 Å². The zero-order chi connectivity index (χ0) is 22.3. The first-order valence-corrected chi connectivity index (χ1v) is 11.1. The summed E-state index contributed by atoms with van der Waals surface area (Å²) >= 11 is 0. The third kappa shape index (κ3) is 3.26. The molecule has 1 atom stereocenters. The molecular formula is C24H27N3O5. The fraction of sp³-hybridized carbons (Fsp3) is 0.417. The average Bonchev–Trinajstić information content (AvgIpc) is 3.27. The van der Waals surface area contributed by atoms with Gasteiger partial charge in [0.1, 0.15) is 0 Å². The molecule has 2 fully saturated rings. The highest BCUT2D eigenvalue weighted by molar-refractivity contribution is 6.11. The zero-order valence-electron chi connectivity index (χ0n) is 18.0. The minimum absolute atomic E-state index is 0.345. The van der Waals surface area contributed by atoms with Crippen molar-refractivity contribution >= 4 is 23.3 Å². The van der Waals surface area contributed by atoms with Gasteiger partial charge >= 0.3 is 6.03 Å². The maximum Gasteiger partial charge on any atom is 0.329 e. The molecule has 0 bridgehead atoms. The molecule has 3 amide bonds. The molecule has 8 nitrogen and oxygen atoms in total. The van der Waals surface area contributed by atoms with Crippen molar-refractivity contribution in [3.8, 4) is 0 Å². The van der Waals surface area contributed by atoms with Crippen LogP contribution in [0.4, 0.5) is 16.2 Å². The number of aliphatic hydroxyl groups is 1. The number of aryl methyl sites for hydroxylation is 1. The van der Waals surface area contributed by atoms with Crippen molar-refractivity contribution in [2.75, 3.05) is 36.5 Å². The van der Waals surface area contributed by atoms with Crippen molar-refractivity contribution in [2.24, 2.45) is 0 Å². The lowest BCUT2D eigenvalue weighted by Gasteiger charge is -2.46. The van der Waals surface area contributed by atoms with Gasteiger partial charge < -0.3 is 24.8 Å². The third-order valence-corrected chi connectivity index (χ3v) is 6.60. The van der Waals surface area contributed by atoms with E-state index < -0.39 is 23.5 Å². The fourth-order valence-electron chi connectivity index (χ4n) is 4.79. The number of rotatable bonds is 3. The summed E-state index contributed by atoms with van der Waals surface area (Å²) in [6, 6.07) is 13.6. The smallest absolute Gasteiger partial charge is 0.329 e.